The first-order valence-corrected chi connectivity index (χ1v) is 6.88. The number of carbonyl (C=O) groups is 2. The largest absolute Gasteiger partial charge is 0.336 e. The monoisotopic (exact) mass is 288 g/mol. The molecular weight excluding hydrogens is 268 g/mol. The van der Waals surface area contributed by atoms with Gasteiger partial charge in [0.2, 0.25) is 0 Å². The molecule has 0 aliphatic rings. The number of hydrogen-bond acceptors (Lipinski definition) is 3. The van der Waals surface area contributed by atoms with Crippen LogP contribution in [-0.4, -0.2) is 24.5 Å². The summed E-state index contributed by atoms with van der Waals surface area (Å²) in [7, 11) is 0. The quantitative estimate of drug-likeness (QED) is 0.521. The van der Waals surface area contributed by atoms with Crippen LogP contribution < -0.4 is 16.0 Å². The Kier molecular flexibility index (Phi) is 7.36. The average molecular weight is 288 g/mol. The molecule has 0 heterocycles. The van der Waals surface area contributed by atoms with Crippen molar-refractivity contribution in [1.82, 2.24) is 16.0 Å². The molecule has 0 radical (unpaired) electrons. The molecule has 0 bridgehead atoms. The second-order valence-corrected chi connectivity index (χ2v) is 4.77. The number of amides is 3. The van der Waals surface area contributed by atoms with E-state index in [9.17, 15) is 9.59 Å². The van der Waals surface area contributed by atoms with E-state index in [-0.39, 0.29) is 12.6 Å². The molecule has 1 atom stereocenters. The molecule has 3 amide bonds. The molecule has 1 aromatic carbocycles. The third kappa shape index (κ3) is 7.57. The van der Waals surface area contributed by atoms with E-state index in [1.165, 1.54) is 11.8 Å². The van der Waals surface area contributed by atoms with Crippen molar-refractivity contribution >= 4 is 11.9 Å². The van der Waals surface area contributed by atoms with E-state index in [4.69, 9.17) is 5.26 Å². The summed E-state index contributed by atoms with van der Waals surface area (Å²) in [5, 5.41) is 15.3. The molecule has 21 heavy (non-hydrogen) atoms. The van der Waals surface area contributed by atoms with Crippen LogP contribution in [-0.2, 0) is 11.2 Å². The van der Waals surface area contributed by atoms with Gasteiger partial charge in [-0.3, -0.25) is 10.1 Å². The first kappa shape index (κ1) is 16.5. The zero-order chi connectivity index (χ0) is 15.5. The molecule has 1 aromatic rings. The molecule has 0 aromatic heterocycles. The van der Waals surface area contributed by atoms with E-state index in [2.05, 4.69) is 22.8 Å². The molecule has 1 unspecified atom stereocenters. The standard InChI is InChI=1S/C15H20N4O2/c1-12(6-5-9-13-7-3-2-4-8-13)19-15(21)17-10-14(20)18-11-16/h2-4,7-8,12H,5-6,9-10H2,1H3,(H,18,20)(H2,17,19,21). The molecule has 112 valence electrons. The molecule has 0 saturated carbocycles. The smallest absolute Gasteiger partial charge is 0.315 e. The fourth-order valence-corrected chi connectivity index (χ4v) is 1.87. The van der Waals surface area contributed by atoms with Gasteiger partial charge in [-0.2, -0.15) is 5.26 Å². The van der Waals surface area contributed by atoms with E-state index < -0.39 is 11.9 Å². The minimum Gasteiger partial charge on any atom is -0.336 e. The maximum atomic E-state index is 11.5. The van der Waals surface area contributed by atoms with E-state index in [0.29, 0.717) is 0 Å². The maximum Gasteiger partial charge on any atom is 0.315 e. The van der Waals surface area contributed by atoms with Crippen LogP contribution in [0.25, 0.3) is 0 Å². The summed E-state index contributed by atoms with van der Waals surface area (Å²) in [6.07, 6.45) is 4.30. The number of benzene rings is 1. The van der Waals surface area contributed by atoms with Crippen LogP contribution in [0.4, 0.5) is 4.79 Å². The molecule has 1 rings (SSSR count). The van der Waals surface area contributed by atoms with Gasteiger partial charge in [-0.25, -0.2) is 4.79 Å². The van der Waals surface area contributed by atoms with Crippen molar-refractivity contribution in [3.8, 4) is 6.19 Å². The first-order valence-electron chi connectivity index (χ1n) is 6.88. The van der Waals surface area contributed by atoms with Crippen molar-refractivity contribution in [2.45, 2.75) is 32.2 Å². The Hall–Kier alpha value is -2.55. The van der Waals surface area contributed by atoms with Crippen LogP contribution in [0.5, 0.6) is 0 Å². The minimum atomic E-state index is -0.538. The fourth-order valence-electron chi connectivity index (χ4n) is 1.87. The highest BCUT2D eigenvalue weighted by Crippen LogP contribution is 2.06. The van der Waals surface area contributed by atoms with E-state index >= 15 is 0 Å². The summed E-state index contributed by atoms with van der Waals surface area (Å²) in [6, 6.07) is 9.79. The van der Waals surface area contributed by atoms with Crippen molar-refractivity contribution in [2.24, 2.45) is 0 Å². The minimum absolute atomic E-state index is 0.0211. The first-order chi connectivity index (χ1) is 10.1. The number of hydrogen-bond donors (Lipinski definition) is 3. The molecule has 0 fully saturated rings. The molecule has 3 N–H and O–H groups in total. The summed E-state index contributed by atoms with van der Waals surface area (Å²) in [5.74, 6) is -0.538. The average Bonchev–Trinajstić information content (AvgIpc) is 2.46. The van der Waals surface area contributed by atoms with Crippen molar-refractivity contribution in [3.05, 3.63) is 35.9 Å². The van der Waals surface area contributed by atoms with Crippen LogP contribution in [0.15, 0.2) is 30.3 Å². The Labute approximate surface area is 124 Å². The summed E-state index contributed by atoms with van der Waals surface area (Å²) < 4.78 is 0. The van der Waals surface area contributed by atoms with Crippen molar-refractivity contribution in [1.29, 1.82) is 5.26 Å². The summed E-state index contributed by atoms with van der Waals surface area (Å²) >= 11 is 0. The van der Waals surface area contributed by atoms with Crippen molar-refractivity contribution < 1.29 is 9.59 Å². The molecule has 6 heteroatoms. The predicted octanol–water partition coefficient (Wildman–Crippen LogP) is 1.29. The molecule has 0 aliphatic carbocycles. The molecular formula is C15H20N4O2. The van der Waals surface area contributed by atoms with E-state index in [0.717, 1.165) is 19.3 Å². The van der Waals surface area contributed by atoms with Gasteiger partial charge < -0.3 is 10.6 Å². The maximum absolute atomic E-state index is 11.5. The lowest BCUT2D eigenvalue weighted by atomic mass is 10.1. The van der Waals surface area contributed by atoms with Crippen LogP contribution in [0.3, 0.4) is 0 Å². The van der Waals surface area contributed by atoms with Gasteiger partial charge in [-0.1, -0.05) is 30.3 Å². The Bertz CT molecular complexity index is 496. The number of aryl methyl sites for hydroxylation is 1. The fraction of sp³-hybridized carbons (Fsp3) is 0.400. The summed E-state index contributed by atoms with van der Waals surface area (Å²) in [5.41, 5.74) is 1.28. The highest BCUT2D eigenvalue weighted by molar-refractivity contribution is 5.84. The van der Waals surface area contributed by atoms with Gasteiger partial charge in [-0.05, 0) is 31.7 Å². The topological polar surface area (TPSA) is 94.0 Å². The van der Waals surface area contributed by atoms with Gasteiger partial charge in [0.1, 0.15) is 0 Å². The molecule has 0 saturated heterocycles. The SMILES string of the molecule is CC(CCCc1ccccc1)NC(=O)NCC(=O)NC#N. The molecule has 0 spiro atoms. The van der Waals surface area contributed by atoms with Gasteiger partial charge in [0.05, 0.1) is 6.54 Å². The van der Waals surface area contributed by atoms with E-state index in [1.54, 1.807) is 0 Å². The zero-order valence-electron chi connectivity index (χ0n) is 12.1. The number of carbonyl (C=O) groups excluding carboxylic acids is 2. The normalized spacial score (nSPS) is 11.0. The van der Waals surface area contributed by atoms with E-state index in [1.807, 2.05) is 30.4 Å². The number of nitrogens with zero attached hydrogens (tertiary/aromatic N) is 1. The Morgan fingerprint density at radius 3 is 2.67 bits per heavy atom. The second kappa shape index (κ2) is 9.37. The van der Waals surface area contributed by atoms with Crippen LogP contribution >= 0.6 is 0 Å². The van der Waals surface area contributed by atoms with Gasteiger partial charge >= 0.3 is 6.03 Å². The number of urea groups is 1. The molecule has 6 nitrogen and oxygen atoms in total. The van der Waals surface area contributed by atoms with Gasteiger partial charge in [-0.15, -0.1) is 0 Å². The van der Waals surface area contributed by atoms with Gasteiger partial charge in [0, 0.05) is 6.04 Å². The third-order valence-electron chi connectivity index (χ3n) is 2.93. The highest BCUT2D eigenvalue weighted by atomic mass is 16.2. The number of nitrogens with one attached hydrogen (secondary N) is 3. The van der Waals surface area contributed by atoms with Crippen molar-refractivity contribution in [3.63, 3.8) is 0 Å². The molecule has 0 aliphatic heterocycles. The predicted molar refractivity (Wildman–Crippen MR) is 79.1 cm³/mol. The van der Waals surface area contributed by atoms with Crippen LogP contribution in [0.1, 0.15) is 25.3 Å². The van der Waals surface area contributed by atoms with Crippen LogP contribution in [0, 0.1) is 11.5 Å². The summed E-state index contributed by atoms with van der Waals surface area (Å²) in [6.45, 7) is 1.70. The van der Waals surface area contributed by atoms with Crippen molar-refractivity contribution in [2.75, 3.05) is 6.54 Å². The number of rotatable bonds is 7. The Morgan fingerprint density at radius 1 is 1.29 bits per heavy atom. The lowest BCUT2D eigenvalue weighted by Gasteiger charge is -2.14. The van der Waals surface area contributed by atoms with Gasteiger partial charge in [0.25, 0.3) is 5.91 Å². The lowest BCUT2D eigenvalue weighted by Crippen LogP contribution is -2.44. The second-order valence-electron chi connectivity index (χ2n) is 4.77. The number of nitriles is 1. The highest BCUT2D eigenvalue weighted by Gasteiger charge is 2.08. The summed E-state index contributed by atoms with van der Waals surface area (Å²) in [4.78, 5) is 22.5. The Balaban J connectivity index is 2.15. The lowest BCUT2D eigenvalue weighted by molar-refractivity contribution is -0.119. The van der Waals surface area contributed by atoms with Crippen LogP contribution in [0.2, 0.25) is 0 Å². The zero-order valence-corrected chi connectivity index (χ0v) is 12.1. The third-order valence-corrected chi connectivity index (χ3v) is 2.93. The Morgan fingerprint density at radius 2 is 2.00 bits per heavy atom. The van der Waals surface area contributed by atoms with Gasteiger partial charge in [0.15, 0.2) is 6.19 Å².